The van der Waals surface area contributed by atoms with E-state index in [-0.39, 0.29) is 30.8 Å². The molecule has 3 unspecified atom stereocenters. The van der Waals surface area contributed by atoms with Crippen LogP contribution in [0.4, 0.5) is 4.79 Å². The Morgan fingerprint density at radius 3 is 2.53 bits per heavy atom. The first kappa shape index (κ1) is 21.9. The van der Waals surface area contributed by atoms with Crippen LogP contribution < -0.4 is 5.73 Å². The Morgan fingerprint density at radius 2 is 1.88 bits per heavy atom. The molecule has 6 rings (SSSR count). The van der Waals surface area contributed by atoms with Crippen LogP contribution in [-0.4, -0.2) is 72.2 Å². The van der Waals surface area contributed by atoms with Gasteiger partial charge in [-0.05, 0) is 69.1 Å². The number of likely N-dealkylation sites (tertiary alicyclic amines) is 1. The molecule has 5 aliphatic carbocycles. The standard InChI is InChI=1S/C23H33N3O6/c24-12-17-6-16-7-18(16)26(17)20(28)19(32-21(25)29)22-8-14-5-15(9-22)11-23(10-14,13-22)31-4-3-30-2-1-27/h14-19,27H,1-11,13H2,(H2,25,29)/t14-,15?,16+,17-,18-,19+,22?,23?/m0/s1. The van der Waals surface area contributed by atoms with E-state index in [4.69, 9.17) is 25.1 Å². The molecule has 1 saturated heterocycles. The predicted molar refractivity (Wildman–Crippen MR) is 111 cm³/mol. The molecule has 5 saturated carbocycles. The fourth-order valence-electron chi connectivity index (χ4n) is 7.79. The molecule has 4 bridgehead atoms. The summed E-state index contributed by atoms with van der Waals surface area (Å²) in [6, 6.07) is 1.91. The van der Waals surface area contributed by atoms with Crippen LogP contribution >= 0.6 is 0 Å². The summed E-state index contributed by atoms with van der Waals surface area (Å²) in [5.74, 6) is 0.979. The van der Waals surface area contributed by atoms with Gasteiger partial charge in [-0.1, -0.05) is 0 Å². The smallest absolute Gasteiger partial charge is 0.405 e. The molecule has 6 fully saturated rings. The van der Waals surface area contributed by atoms with Gasteiger partial charge >= 0.3 is 6.09 Å². The Bertz CT molecular complexity index is 798. The molecule has 0 aromatic rings. The van der Waals surface area contributed by atoms with Crippen LogP contribution in [0.25, 0.3) is 0 Å². The number of carbonyl (C=O) groups is 2. The number of ether oxygens (including phenoxy) is 3. The van der Waals surface area contributed by atoms with E-state index in [0.717, 1.165) is 38.5 Å². The third-order valence-corrected chi connectivity index (χ3v) is 8.45. The molecule has 9 nitrogen and oxygen atoms in total. The Morgan fingerprint density at radius 1 is 1.12 bits per heavy atom. The fourth-order valence-corrected chi connectivity index (χ4v) is 7.79. The van der Waals surface area contributed by atoms with Gasteiger partial charge < -0.3 is 30.0 Å². The van der Waals surface area contributed by atoms with Gasteiger partial charge in [0.2, 0.25) is 0 Å². The largest absolute Gasteiger partial charge is 0.436 e. The Labute approximate surface area is 188 Å². The Balaban J connectivity index is 1.38. The van der Waals surface area contributed by atoms with Crippen molar-refractivity contribution < 1.29 is 28.9 Å². The van der Waals surface area contributed by atoms with Gasteiger partial charge in [0.05, 0.1) is 38.1 Å². The lowest BCUT2D eigenvalue weighted by Gasteiger charge is -2.62. The molecule has 1 aliphatic heterocycles. The van der Waals surface area contributed by atoms with Crippen LogP contribution in [0.15, 0.2) is 0 Å². The van der Waals surface area contributed by atoms with Crippen molar-refractivity contribution in [3.05, 3.63) is 0 Å². The summed E-state index contributed by atoms with van der Waals surface area (Å²) >= 11 is 0. The number of aliphatic hydroxyl groups excluding tert-OH is 1. The Hall–Kier alpha value is -1.89. The summed E-state index contributed by atoms with van der Waals surface area (Å²) in [5, 5.41) is 18.5. The van der Waals surface area contributed by atoms with E-state index in [0.29, 0.717) is 43.8 Å². The number of piperidine rings is 1. The average molecular weight is 448 g/mol. The number of hydrogen-bond donors (Lipinski definition) is 2. The number of nitrogens with two attached hydrogens (primary N) is 1. The highest BCUT2D eigenvalue weighted by Crippen LogP contribution is 2.65. The van der Waals surface area contributed by atoms with Crippen molar-refractivity contribution in [1.29, 1.82) is 5.26 Å². The van der Waals surface area contributed by atoms with Crippen LogP contribution in [0.5, 0.6) is 0 Å². The van der Waals surface area contributed by atoms with E-state index in [9.17, 15) is 14.9 Å². The van der Waals surface area contributed by atoms with E-state index < -0.39 is 23.7 Å². The molecule has 3 N–H and O–H groups in total. The molecule has 6 aliphatic rings. The van der Waals surface area contributed by atoms with Crippen LogP contribution in [0.1, 0.15) is 51.4 Å². The van der Waals surface area contributed by atoms with Crippen LogP contribution in [0.3, 0.4) is 0 Å². The van der Waals surface area contributed by atoms with Gasteiger partial charge in [0.1, 0.15) is 6.04 Å². The summed E-state index contributed by atoms with van der Waals surface area (Å²) in [5.41, 5.74) is 4.60. The number of hydrogen-bond acceptors (Lipinski definition) is 7. The normalized spacial score (nSPS) is 41.8. The second-order valence-corrected chi connectivity index (χ2v) is 10.7. The van der Waals surface area contributed by atoms with Crippen LogP contribution in [0.2, 0.25) is 0 Å². The third-order valence-electron chi connectivity index (χ3n) is 8.45. The highest BCUT2D eigenvalue weighted by molar-refractivity contribution is 5.86. The lowest BCUT2D eigenvalue weighted by molar-refractivity contribution is -0.221. The number of aliphatic hydroxyl groups is 1. The van der Waals surface area contributed by atoms with E-state index in [1.807, 2.05) is 0 Å². The minimum atomic E-state index is -0.963. The molecule has 0 spiro atoms. The zero-order valence-corrected chi connectivity index (χ0v) is 18.4. The van der Waals surface area contributed by atoms with Crippen LogP contribution in [-0.2, 0) is 19.0 Å². The van der Waals surface area contributed by atoms with E-state index in [2.05, 4.69) is 6.07 Å². The number of rotatable bonds is 9. The monoisotopic (exact) mass is 447 g/mol. The van der Waals surface area contributed by atoms with Crippen molar-refractivity contribution in [2.75, 3.05) is 26.4 Å². The number of fused-ring (bicyclic) bond motifs is 1. The van der Waals surface area contributed by atoms with Crippen molar-refractivity contribution in [2.45, 2.75) is 75.2 Å². The molecule has 8 atom stereocenters. The maximum Gasteiger partial charge on any atom is 0.405 e. The zero-order chi connectivity index (χ0) is 22.5. The fraction of sp³-hybridized carbons (Fsp3) is 0.870. The Kier molecular flexibility index (Phi) is 5.59. The summed E-state index contributed by atoms with van der Waals surface area (Å²) in [7, 11) is 0. The summed E-state index contributed by atoms with van der Waals surface area (Å²) in [4.78, 5) is 27.4. The predicted octanol–water partition coefficient (Wildman–Crippen LogP) is 1.33. The molecule has 32 heavy (non-hydrogen) atoms. The molecule has 0 radical (unpaired) electrons. The lowest BCUT2D eigenvalue weighted by atomic mass is 9.46. The number of nitriles is 1. The molecule has 1 heterocycles. The van der Waals surface area contributed by atoms with E-state index in [1.165, 1.54) is 0 Å². The van der Waals surface area contributed by atoms with Crippen molar-refractivity contribution in [2.24, 2.45) is 28.9 Å². The molecule has 0 aromatic heterocycles. The van der Waals surface area contributed by atoms with Crippen molar-refractivity contribution >= 4 is 12.0 Å². The maximum atomic E-state index is 13.8. The molecule has 0 aromatic carbocycles. The minimum absolute atomic E-state index is 0.0192. The van der Waals surface area contributed by atoms with E-state index >= 15 is 0 Å². The molecule has 9 heteroatoms. The first-order chi connectivity index (χ1) is 15.4. The molecule has 176 valence electrons. The molecular formula is C23H33N3O6. The number of amides is 2. The second kappa shape index (κ2) is 8.15. The number of primary amides is 1. The topological polar surface area (TPSA) is 135 Å². The summed E-state index contributed by atoms with van der Waals surface area (Å²) in [6.07, 6.45) is 5.01. The lowest BCUT2D eigenvalue weighted by Crippen LogP contribution is -2.64. The van der Waals surface area contributed by atoms with Crippen molar-refractivity contribution in [3.63, 3.8) is 0 Å². The quantitative estimate of drug-likeness (QED) is 0.509. The third kappa shape index (κ3) is 3.76. The molecule has 2 amide bonds. The van der Waals surface area contributed by atoms with E-state index in [1.54, 1.807) is 4.90 Å². The van der Waals surface area contributed by atoms with Gasteiger partial charge in [-0.15, -0.1) is 0 Å². The number of nitrogens with zero attached hydrogens (tertiary/aromatic N) is 2. The average Bonchev–Trinajstić information content (AvgIpc) is 3.40. The van der Waals surface area contributed by atoms with Gasteiger partial charge in [-0.25, -0.2) is 4.79 Å². The van der Waals surface area contributed by atoms with Gasteiger partial charge in [-0.2, -0.15) is 5.26 Å². The van der Waals surface area contributed by atoms with Crippen LogP contribution in [0, 0.1) is 34.5 Å². The zero-order valence-electron chi connectivity index (χ0n) is 18.4. The highest BCUT2D eigenvalue weighted by Gasteiger charge is 2.65. The van der Waals surface area contributed by atoms with Gasteiger partial charge in [-0.3, -0.25) is 4.79 Å². The number of carbonyl (C=O) groups excluding carboxylic acids is 2. The molecular weight excluding hydrogens is 414 g/mol. The van der Waals surface area contributed by atoms with Gasteiger partial charge in [0, 0.05) is 11.5 Å². The van der Waals surface area contributed by atoms with Gasteiger partial charge in [0.25, 0.3) is 5.91 Å². The van der Waals surface area contributed by atoms with Crippen molar-refractivity contribution in [3.8, 4) is 6.07 Å². The highest BCUT2D eigenvalue weighted by atomic mass is 16.6. The summed E-state index contributed by atoms with van der Waals surface area (Å²) in [6.45, 7) is 1.10. The van der Waals surface area contributed by atoms with Gasteiger partial charge in [0.15, 0.2) is 6.10 Å². The summed E-state index contributed by atoms with van der Waals surface area (Å²) < 4.78 is 17.4. The minimum Gasteiger partial charge on any atom is -0.436 e. The first-order valence-corrected chi connectivity index (χ1v) is 11.9. The van der Waals surface area contributed by atoms with Crippen molar-refractivity contribution in [1.82, 2.24) is 4.90 Å². The first-order valence-electron chi connectivity index (χ1n) is 11.9. The SMILES string of the molecule is N#C[C@@H]1C[C@@H]2C[C@@H]2N1C(=O)[C@@H](OC(N)=O)C12CC3C[C@H](CC(OCCOCCO)(C3)C1)C2. The maximum absolute atomic E-state index is 13.8. The second-order valence-electron chi connectivity index (χ2n) is 10.7.